The van der Waals surface area contributed by atoms with E-state index >= 15 is 0 Å². The highest BCUT2D eigenvalue weighted by molar-refractivity contribution is 7.02. The van der Waals surface area contributed by atoms with Gasteiger partial charge in [0.2, 0.25) is 0 Å². The Balaban J connectivity index is 0.919. The zero-order valence-corrected chi connectivity index (χ0v) is 50.9. The lowest BCUT2D eigenvalue weighted by Gasteiger charge is -2.46. The van der Waals surface area contributed by atoms with Crippen molar-refractivity contribution in [3.8, 4) is 22.9 Å². The summed E-state index contributed by atoms with van der Waals surface area (Å²) >= 11 is 0. The third kappa shape index (κ3) is 7.01. The van der Waals surface area contributed by atoms with Crippen molar-refractivity contribution < 1.29 is 9.15 Å². The standard InChI is InChI=1S/C82H59B2N5O2/c1-81(2)41-42-82(3,4)61-43-52(39-40-60(61)81)89-72-45-53(87-65-33-17-11-27-55(65)56-28-12-18-34-66(56)87)44-71-77(72)84(80-79(89)59-31-15-21-37-74(59)91-80)64-48-63-69(49-70(64)85(71)50-23-7-5-8-24-50)86(51-25-9-6-10-26-51)73-46-54(47-76-78(73)83(63)62-32-16-22-38-75(62)90-76)88-67-35-19-13-29-57(67)58-30-14-20-36-68(58)88/h5-40,43-49H,41-42H2,1-4H3. The lowest BCUT2D eigenvalue weighted by Crippen LogP contribution is -2.64. The monoisotopic (exact) mass is 1170 g/mol. The first-order chi connectivity index (χ1) is 44.6. The Kier molecular flexibility index (Phi) is 10.3. The highest BCUT2D eigenvalue weighted by atomic mass is 16.5. The van der Waals surface area contributed by atoms with E-state index < -0.39 is 0 Å². The Morgan fingerprint density at radius 3 is 1.40 bits per heavy atom. The van der Waals surface area contributed by atoms with Crippen LogP contribution in [0.3, 0.4) is 0 Å². The largest absolute Gasteiger partial charge is 0.468 e. The van der Waals surface area contributed by atoms with E-state index in [0.717, 1.165) is 137 Å². The SMILES string of the molecule is CC1(C)CCC(C)(C)c2cc(N3c4cc(-n5c6ccccc6c6ccccc65)cc5c4B(c4cc6c(cc4N5c4ccccc4)N(c4ccccc4)c4cc(-n5c7ccccc7c7ccccc75)cc5c4B6c4ccccc4O5)c4oc5ccccc5c43)ccc21. The van der Waals surface area contributed by atoms with Crippen LogP contribution in [0.5, 0.6) is 11.5 Å². The van der Waals surface area contributed by atoms with Gasteiger partial charge in [-0.1, -0.05) is 179 Å². The van der Waals surface area contributed by atoms with E-state index in [1.54, 1.807) is 0 Å². The number of ether oxygens (including phenoxy) is 1. The van der Waals surface area contributed by atoms with Gasteiger partial charge in [-0.25, -0.2) is 0 Å². The zero-order chi connectivity index (χ0) is 60.2. The van der Waals surface area contributed by atoms with Crippen molar-refractivity contribution in [2.75, 3.05) is 14.7 Å². The van der Waals surface area contributed by atoms with Crippen molar-refractivity contribution in [3.63, 3.8) is 0 Å². The lowest BCUT2D eigenvalue weighted by molar-refractivity contribution is 0.332. The number of anilines is 9. The molecule has 0 saturated carbocycles. The zero-order valence-electron chi connectivity index (χ0n) is 50.9. The molecule has 0 unspecified atom stereocenters. The van der Waals surface area contributed by atoms with Gasteiger partial charge in [-0.15, -0.1) is 0 Å². The summed E-state index contributed by atoms with van der Waals surface area (Å²) in [7, 11) is 0. The van der Waals surface area contributed by atoms with Crippen molar-refractivity contribution in [1.29, 1.82) is 0 Å². The van der Waals surface area contributed by atoms with Gasteiger partial charge in [0.1, 0.15) is 17.1 Å². The van der Waals surface area contributed by atoms with Gasteiger partial charge in [0.15, 0.2) is 0 Å². The highest BCUT2D eigenvalue weighted by Gasteiger charge is 2.51. The fourth-order valence-corrected chi connectivity index (χ4v) is 16.9. The number of fused-ring (bicyclic) bond motifs is 17. The molecule has 0 N–H and O–H groups in total. The molecule has 20 rings (SSSR count). The molecular formula is C82H59B2N5O2. The van der Waals surface area contributed by atoms with Crippen LogP contribution in [0.1, 0.15) is 51.7 Å². The highest BCUT2D eigenvalue weighted by Crippen LogP contribution is 2.53. The summed E-state index contributed by atoms with van der Waals surface area (Å²) < 4.78 is 19.9. The van der Waals surface area contributed by atoms with Crippen molar-refractivity contribution in [3.05, 3.63) is 272 Å². The minimum Gasteiger partial charge on any atom is -0.468 e. The van der Waals surface area contributed by atoms with Crippen LogP contribution in [0, 0.1) is 0 Å². The van der Waals surface area contributed by atoms with Gasteiger partial charge in [-0.05, 0) is 165 Å². The predicted octanol–water partition coefficient (Wildman–Crippen LogP) is 17.5. The van der Waals surface area contributed by atoms with Gasteiger partial charge in [-0.2, -0.15) is 0 Å². The first kappa shape index (κ1) is 51.0. The van der Waals surface area contributed by atoms with E-state index in [9.17, 15) is 0 Å². The summed E-state index contributed by atoms with van der Waals surface area (Å²) in [6, 6.07) is 97.1. The fraction of sp³-hybridized carbons (Fsp3) is 0.0976. The second kappa shape index (κ2) is 18.4. The van der Waals surface area contributed by atoms with E-state index in [1.807, 2.05) is 0 Å². The molecule has 7 heterocycles. The molecule has 15 aromatic rings. The van der Waals surface area contributed by atoms with Crippen molar-refractivity contribution in [1.82, 2.24) is 9.13 Å². The van der Waals surface area contributed by atoms with E-state index in [2.05, 4.69) is 312 Å². The van der Waals surface area contributed by atoms with E-state index in [4.69, 9.17) is 9.15 Å². The van der Waals surface area contributed by atoms with Gasteiger partial charge in [0.05, 0.1) is 44.8 Å². The average Bonchev–Trinajstić information content (AvgIpc) is 1.62. The van der Waals surface area contributed by atoms with Gasteiger partial charge in [0.25, 0.3) is 13.4 Å². The van der Waals surface area contributed by atoms with Crippen LogP contribution >= 0.6 is 0 Å². The molecule has 0 saturated heterocycles. The second-order valence-corrected chi connectivity index (χ2v) is 27.0. The normalized spacial score (nSPS) is 15.3. The molecule has 0 spiro atoms. The molecule has 91 heavy (non-hydrogen) atoms. The Morgan fingerprint density at radius 2 is 0.802 bits per heavy atom. The number of aromatic nitrogens is 2. The summed E-state index contributed by atoms with van der Waals surface area (Å²) in [5, 5.41) is 5.95. The summed E-state index contributed by atoms with van der Waals surface area (Å²) in [5.41, 5.74) is 27.1. The molecule has 9 heteroatoms. The Bertz CT molecular complexity index is 5540. The molecule has 3 aromatic heterocycles. The van der Waals surface area contributed by atoms with E-state index in [-0.39, 0.29) is 24.3 Å². The average molecular weight is 1170 g/mol. The van der Waals surface area contributed by atoms with Crippen LogP contribution in [-0.4, -0.2) is 22.6 Å². The molecule has 0 bridgehead atoms. The summed E-state index contributed by atoms with van der Waals surface area (Å²) in [4.78, 5) is 7.68. The molecular weight excluding hydrogens is 1110 g/mol. The number of furan rings is 1. The van der Waals surface area contributed by atoms with Gasteiger partial charge in [-0.3, -0.25) is 0 Å². The van der Waals surface area contributed by atoms with E-state index in [0.29, 0.717) is 0 Å². The Morgan fingerprint density at radius 1 is 0.330 bits per heavy atom. The maximum atomic E-state index is 7.64. The maximum Gasteiger partial charge on any atom is 0.297 e. The molecule has 7 nitrogen and oxygen atoms in total. The predicted molar refractivity (Wildman–Crippen MR) is 380 cm³/mol. The number of rotatable bonds is 5. The van der Waals surface area contributed by atoms with Crippen molar-refractivity contribution in [2.45, 2.75) is 51.4 Å². The van der Waals surface area contributed by atoms with Gasteiger partial charge < -0.3 is 33.0 Å². The number of nitrogens with zero attached hydrogens (tertiary/aromatic N) is 5. The number of hydrogen-bond acceptors (Lipinski definition) is 5. The summed E-state index contributed by atoms with van der Waals surface area (Å²) in [6.45, 7) is 9.22. The Hall–Kier alpha value is -10.9. The molecule has 4 aliphatic heterocycles. The molecule has 0 fully saturated rings. The molecule has 430 valence electrons. The number of hydrogen-bond donors (Lipinski definition) is 0. The molecule has 0 radical (unpaired) electrons. The fourth-order valence-electron chi connectivity index (χ4n) is 16.9. The van der Waals surface area contributed by atoms with E-state index in [1.165, 1.54) is 49.1 Å². The van der Waals surface area contributed by atoms with Crippen molar-refractivity contribution in [2.24, 2.45) is 0 Å². The number of benzene rings is 12. The lowest BCUT2D eigenvalue weighted by atomic mass is 9.31. The van der Waals surface area contributed by atoms with Gasteiger partial charge >= 0.3 is 0 Å². The topological polar surface area (TPSA) is 42.0 Å². The van der Waals surface area contributed by atoms with Gasteiger partial charge in [0, 0.05) is 78.5 Å². The summed E-state index contributed by atoms with van der Waals surface area (Å²) in [5.74, 6) is 1.71. The summed E-state index contributed by atoms with van der Waals surface area (Å²) in [6.07, 6.45) is 2.25. The third-order valence-corrected chi connectivity index (χ3v) is 21.1. The van der Waals surface area contributed by atoms with Crippen LogP contribution in [0.2, 0.25) is 0 Å². The van der Waals surface area contributed by atoms with Crippen LogP contribution in [0.25, 0.3) is 66.0 Å². The quantitative estimate of drug-likeness (QED) is 0.161. The van der Waals surface area contributed by atoms with Crippen LogP contribution in [0.15, 0.2) is 265 Å². The molecule has 5 aliphatic rings. The minimum absolute atomic E-state index is 0.0334. The second-order valence-electron chi connectivity index (χ2n) is 27.0. The van der Waals surface area contributed by atoms with Crippen LogP contribution < -0.4 is 52.4 Å². The van der Waals surface area contributed by atoms with Crippen LogP contribution in [-0.2, 0) is 10.8 Å². The molecule has 1 aliphatic carbocycles. The molecule has 12 aromatic carbocycles. The third-order valence-electron chi connectivity index (χ3n) is 21.1. The first-order valence-corrected chi connectivity index (χ1v) is 32.1. The van der Waals surface area contributed by atoms with Crippen LogP contribution in [0.4, 0.5) is 51.2 Å². The van der Waals surface area contributed by atoms with Crippen molar-refractivity contribution >= 4 is 152 Å². The Labute approximate surface area is 528 Å². The molecule has 0 amide bonds. The first-order valence-electron chi connectivity index (χ1n) is 32.1. The molecule has 0 atom stereocenters. The minimum atomic E-state index is -0.331. The number of para-hydroxylation sites is 8. The smallest absolute Gasteiger partial charge is 0.297 e. The maximum absolute atomic E-state index is 7.64.